The standard InChI is InChI=1S/C22H27S/c1-3-22(23-16-4-5-17-23)21-14-12-20(13-15-21)11-10-19-8-6-18(2)7-9-19/h6-15,22H,3-5,16-17H2,1-2H3/q+1/b11-10+. The molecule has 1 saturated heterocycles. The van der Waals surface area contributed by atoms with E-state index in [9.17, 15) is 0 Å². The molecule has 3 rings (SSSR count). The lowest BCUT2D eigenvalue weighted by atomic mass is 10.1. The second-order valence-corrected chi connectivity index (χ2v) is 8.92. The molecular weight excluding hydrogens is 296 g/mol. The largest absolute Gasteiger partial charge is 0.143 e. The Balaban J connectivity index is 1.69. The average molecular weight is 324 g/mol. The van der Waals surface area contributed by atoms with Crippen molar-refractivity contribution in [2.75, 3.05) is 11.5 Å². The topological polar surface area (TPSA) is 0 Å². The molecule has 0 bridgehead atoms. The van der Waals surface area contributed by atoms with Gasteiger partial charge < -0.3 is 0 Å². The first-order valence-electron chi connectivity index (χ1n) is 8.77. The summed E-state index contributed by atoms with van der Waals surface area (Å²) in [7, 11) is 0.624. The summed E-state index contributed by atoms with van der Waals surface area (Å²) >= 11 is 0. The van der Waals surface area contributed by atoms with Gasteiger partial charge in [0, 0.05) is 5.56 Å². The lowest BCUT2D eigenvalue weighted by molar-refractivity contribution is 0.886. The van der Waals surface area contributed by atoms with E-state index in [1.165, 1.54) is 47.5 Å². The molecule has 1 heterocycles. The van der Waals surface area contributed by atoms with Crippen molar-refractivity contribution in [1.29, 1.82) is 0 Å². The second-order valence-electron chi connectivity index (χ2n) is 6.46. The quantitative estimate of drug-likeness (QED) is 0.465. The van der Waals surface area contributed by atoms with E-state index in [1.807, 2.05) is 0 Å². The van der Waals surface area contributed by atoms with Crippen molar-refractivity contribution >= 4 is 23.0 Å². The number of benzene rings is 2. The van der Waals surface area contributed by atoms with E-state index in [0.717, 1.165) is 5.25 Å². The van der Waals surface area contributed by atoms with Gasteiger partial charge in [-0.3, -0.25) is 0 Å². The first-order chi connectivity index (χ1) is 11.3. The van der Waals surface area contributed by atoms with Crippen molar-refractivity contribution in [3.05, 3.63) is 70.8 Å². The predicted molar refractivity (Wildman–Crippen MR) is 106 cm³/mol. The van der Waals surface area contributed by atoms with Gasteiger partial charge in [0.2, 0.25) is 0 Å². The summed E-state index contributed by atoms with van der Waals surface area (Å²) in [5.41, 5.74) is 5.41. The molecule has 0 saturated carbocycles. The maximum Gasteiger partial charge on any atom is 0.143 e. The molecule has 0 spiro atoms. The van der Waals surface area contributed by atoms with Crippen LogP contribution in [0.4, 0.5) is 0 Å². The molecule has 0 nitrogen and oxygen atoms in total. The van der Waals surface area contributed by atoms with Gasteiger partial charge in [-0.15, -0.1) is 0 Å². The van der Waals surface area contributed by atoms with Crippen molar-refractivity contribution in [2.24, 2.45) is 0 Å². The summed E-state index contributed by atoms with van der Waals surface area (Å²) < 4.78 is 0. The van der Waals surface area contributed by atoms with Crippen molar-refractivity contribution in [3.8, 4) is 0 Å². The third-order valence-corrected chi connectivity index (χ3v) is 7.73. The molecule has 1 aliphatic rings. The summed E-state index contributed by atoms with van der Waals surface area (Å²) in [5.74, 6) is 2.90. The molecule has 1 aliphatic heterocycles. The second kappa shape index (κ2) is 7.88. The Hall–Kier alpha value is -1.47. The SMILES string of the molecule is CCC(c1ccc(/C=C/c2ccc(C)cc2)cc1)[S+]1CCCC1. The molecule has 0 amide bonds. The molecule has 0 radical (unpaired) electrons. The van der Waals surface area contributed by atoms with Gasteiger partial charge in [-0.1, -0.05) is 73.2 Å². The Bertz CT molecular complexity index is 631. The Morgan fingerprint density at radius 1 is 0.870 bits per heavy atom. The number of hydrogen-bond acceptors (Lipinski definition) is 0. The van der Waals surface area contributed by atoms with Crippen LogP contribution in [0.1, 0.15) is 53.7 Å². The van der Waals surface area contributed by atoms with Crippen molar-refractivity contribution in [2.45, 2.75) is 38.4 Å². The van der Waals surface area contributed by atoms with Crippen LogP contribution in [0.15, 0.2) is 48.5 Å². The molecule has 2 aromatic rings. The monoisotopic (exact) mass is 323 g/mol. The van der Waals surface area contributed by atoms with E-state index in [-0.39, 0.29) is 0 Å². The summed E-state index contributed by atoms with van der Waals surface area (Å²) in [6, 6.07) is 17.9. The van der Waals surface area contributed by atoms with Gasteiger partial charge in [-0.05, 0) is 48.2 Å². The van der Waals surface area contributed by atoms with Gasteiger partial charge >= 0.3 is 0 Å². The number of hydrogen-bond donors (Lipinski definition) is 0. The Morgan fingerprint density at radius 3 is 1.91 bits per heavy atom. The number of aryl methyl sites for hydroxylation is 1. The van der Waals surface area contributed by atoms with E-state index in [1.54, 1.807) is 5.56 Å². The van der Waals surface area contributed by atoms with E-state index in [2.05, 4.69) is 74.5 Å². The highest BCUT2D eigenvalue weighted by atomic mass is 32.2. The average Bonchev–Trinajstić information content (AvgIpc) is 3.10. The molecule has 1 atom stereocenters. The van der Waals surface area contributed by atoms with Crippen LogP contribution in [0.5, 0.6) is 0 Å². The van der Waals surface area contributed by atoms with Gasteiger partial charge in [0.25, 0.3) is 0 Å². The third-order valence-electron chi connectivity index (χ3n) is 4.69. The maximum atomic E-state index is 2.36. The van der Waals surface area contributed by atoms with E-state index >= 15 is 0 Å². The Kier molecular flexibility index (Phi) is 5.61. The highest BCUT2D eigenvalue weighted by Gasteiger charge is 2.33. The summed E-state index contributed by atoms with van der Waals surface area (Å²) in [6.07, 6.45) is 8.58. The fourth-order valence-electron chi connectivity index (χ4n) is 3.32. The first-order valence-corrected chi connectivity index (χ1v) is 10.4. The van der Waals surface area contributed by atoms with Gasteiger partial charge in [0.05, 0.1) is 0 Å². The Morgan fingerprint density at radius 2 is 1.39 bits per heavy atom. The molecule has 1 unspecified atom stereocenters. The molecule has 1 heteroatoms. The van der Waals surface area contributed by atoms with Gasteiger partial charge in [0.15, 0.2) is 0 Å². The fraction of sp³-hybridized carbons (Fsp3) is 0.364. The van der Waals surface area contributed by atoms with Gasteiger partial charge in [0.1, 0.15) is 16.8 Å². The molecule has 0 aromatic heterocycles. The minimum atomic E-state index is 0.624. The zero-order chi connectivity index (χ0) is 16.1. The van der Waals surface area contributed by atoms with Gasteiger partial charge in [-0.25, -0.2) is 0 Å². The van der Waals surface area contributed by atoms with Crippen LogP contribution < -0.4 is 0 Å². The van der Waals surface area contributed by atoms with E-state index in [4.69, 9.17) is 0 Å². The van der Waals surface area contributed by atoms with Crippen LogP contribution in [0.25, 0.3) is 12.2 Å². The highest BCUT2D eigenvalue weighted by molar-refractivity contribution is 7.97. The molecule has 0 aliphatic carbocycles. The highest BCUT2D eigenvalue weighted by Crippen LogP contribution is 2.33. The van der Waals surface area contributed by atoms with Gasteiger partial charge in [-0.2, -0.15) is 0 Å². The lowest BCUT2D eigenvalue weighted by Crippen LogP contribution is -2.14. The van der Waals surface area contributed by atoms with E-state index in [0.29, 0.717) is 10.9 Å². The lowest BCUT2D eigenvalue weighted by Gasteiger charge is -2.14. The van der Waals surface area contributed by atoms with Crippen LogP contribution in [-0.4, -0.2) is 11.5 Å². The molecule has 120 valence electrons. The zero-order valence-corrected chi connectivity index (χ0v) is 15.1. The molecule has 0 N–H and O–H groups in total. The van der Waals surface area contributed by atoms with Crippen LogP contribution >= 0.6 is 0 Å². The van der Waals surface area contributed by atoms with Crippen molar-refractivity contribution < 1.29 is 0 Å². The Labute approximate surface area is 144 Å². The maximum absolute atomic E-state index is 2.36. The number of rotatable bonds is 5. The van der Waals surface area contributed by atoms with E-state index < -0.39 is 0 Å². The molecule has 1 fully saturated rings. The normalized spacial score (nSPS) is 17.0. The minimum Gasteiger partial charge on any atom is -0.0603 e. The van der Waals surface area contributed by atoms with Crippen LogP contribution in [-0.2, 0) is 10.9 Å². The summed E-state index contributed by atoms with van der Waals surface area (Å²) in [5, 5.41) is 0.785. The van der Waals surface area contributed by atoms with Crippen LogP contribution in [0.3, 0.4) is 0 Å². The fourth-order valence-corrected chi connectivity index (χ4v) is 6.25. The van der Waals surface area contributed by atoms with Crippen molar-refractivity contribution in [1.82, 2.24) is 0 Å². The predicted octanol–water partition coefficient (Wildman–Crippen LogP) is 6.03. The van der Waals surface area contributed by atoms with Crippen LogP contribution in [0, 0.1) is 6.92 Å². The summed E-state index contributed by atoms with van der Waals surface area (Å²) in [6.45, 7) is 4.47. The van der Waals surface area contributed by atoms with Crippen molar-refractivity contribution in [3.63, 3.8) is 0 Å². The zero-order valence-electron chi connectivity index (χ0n) is 14.3. The smallest absolute Gasteiger partial charge is 0.0603 e. The molecule has 2 aromatic carbocycles. The third kappa shape index (κ3) is 4.29. The first kappa shape index (κ1) is 16.4. The minimum absolute atomic E-state index is 0.624. The van der Waals surface area contributed by atoms with Crippen LogP contribution in [0.2, 0.25) is 0 Å². The molecule has 23 heavy (non-hydrogen) atoms. The summed E-state index contributed by atoms with van der Waals surface area (Å²) in [4.78, 5) is 0. The molecular formula is C22H27S+.